The summed E-state index contributed by atoms with van der Waals surface area (Å²) < 4.78 is 24.1. The van der Waals surface area contributed by atoms with Crippen molar-refractivity contribution in [2.45, 2.75) is 43.5 Å². The second-order valence-corrected chi connectivity index (χ2v) is 7.86. The molecule has 0 spiro atoms. The predicted octanol–water partition coefficient (Wildman–Crippen LogP) is 2.43. The van der Waals surface area contributed by atoms with Gasteiger partial charge in [0.15, 0.2) is 9.84 Å². The van der Waals surface area contributed by atoms with Crippen LogP contribution in [0.5, 0.6) is 0 Å². The largest absolute Gasteiger partial charge is 0.367 e. The highest BCUT2D eigenvalue weighted by Crippen LogP contribution is 2.34. The van der Waals surface area contributed by atoms with E-state index in [0.29, 0.717) is 23.4 Å². The van der Waals surface area contributed by atoms with Gasteiger partial charge < -0.3 is 10.6 Å². The average molecular weight is 310 g/mol. The van der Waals surface area contributed by atoms with E-state index in [1.807, 2.05) is 12.1 Å². The summed E-state index contributed by atoms with van der Waals surface area (Å²) in [5.74, 6) is 0.450. The number of sulfone groups is 1. The number of anilines is 1. The Labute approximate surface area is 128 Å². The van der Waals surface area contributed by atoms with Gasteiger partial charge in [0.1, 0.15) is 0 Å². The van der Waals surface area contributed by atoms with Crippen molar-refractivity contribution in [3.05, 3.63) is 24.3 Å². The molecule has 5 heteroatoms. The lowest BCUT2D eigenvalue weighted by Crippen LogP contribution is -2.45. The lowest BCUT2D eigenvalue weighted by molar-refractivity contribution is 0.300. The van der Waals surface area contributed by atoms with Crippen LogP contribution in [0.15, 0.2) is 29.2 Å². The van der Waals surface area contributed by atoms with E-state index in [2.05, 4.69) is 11.8 Å². The van der Waals surface area contributed by atoms with Gasteiger partial charge >= 0.3 is 0 Å². The van der Waals surface area contributed by atoms with Gasteiger partial charge in [0.05, 0.1) is 10.6 Å². The maximum Gasteiger partial charge on any atom is 0.177 e. The molecule has 2 rings (SSSR count). The zero-order chi connectivity index (χ0) is 15.5. The molecule has 1 fully saturated rings. The first-order valence-corrected chi connectivity index (χ1v) is 9.64. The highest BCUT2D eigenvalue weighted by molar-refractivity contribution is 7.90. The Balaban J connectivity index is 2.42. The molecule has 0 bridgehead atoms. The van der Waals surface area contributed by atoms with E-state index in [9.17, 15) is 8.42 Å². The molecule has 1 aromatic rings. The Hall–Kier alpha value is -1.07. The van der Waals surface area contributed by atoms with Gasteiger partial charge in [0, 0.05) is 18.8 Å². The van der Waals surface area contributed by atoms with Crippen LogP contribution in [-0.4, -0.2) is 33.8 Å². The molecule has 1 aromatic carbocycles. The minimum absolute atomic E-state index is 0.344. The molecule has 0 amide bonds. The molecule has 1 aliphatic carbocycles. The molecule has 0 saturated heterocycles. The number of nitrogens with zero attached hydrogens (tertiary/aromatic N) is 1. The van der Waals surface area contributed by atoms with Gasteiger partial charge in [0.2, 0.25) is 0 Å². The lowest BCUT2D eigenvalue weighted by atomic mass is 9.83. The fraction of sp³-hybridized carbons (Fsp3) is 0.625. The SMILES string of the molecule is CCN(c1ccccc1S(C)(=O)=O)C1CCCCC1CN. The van der Waals surface area contributed by atoms with Crippen molar-refractivity contribution < 1.29 is 8.42 Å². The summed E-state index contributed by atoms with van der Waals surface area (Å²) in [7, 11) is -3.22. The van der Waals surface area contributed by atoms with Gasteiger partial charge in [-0.05, 0) is 44.4 Å². The molecule has 2 N–H and O–H groups in total. The number of hydrogen-bond acceptors (Lipinski definition) is 4. The van der Waals surface area contributed by atoms with Crippen LogP contribution in [0.2, 0.25) is 0 Å². The van der Waals surface area contributed by atoms with Crippen molar-refractivity contribution in [2.75, 3.05) is 24.2 Å². The molecule has 4 nitrogen and oxygen atoms in total. The monoisotopic (exact) mass is 310 g/mol. The second kappa shape index (κ2) is 6.79. The summed E-state index contributed by atoms with van der Waals surface area (Å²) in [5, 5.41) is 0. The van der Waals surface area contributed by atoms with Crippen LogP contribution < -0.4 is 10.6 Å². The summed E-state index contributed by atoms with van der Waals surface area (Å²) in [6.45, 7) is 3.55. The number of benzene rings is 1. The number of hydrogen-bond donors (Lipinski definition) is 1. The highest BCUT2D eigenvalue weighted by atomic mass is 32.2. The molecule has 1 aliphatic rings. The van der Waals surface area contributed by atoms with E-state index < -0.39 is 9.84 Å². The quantitative estimate of drug-likeness (QED) is 0.907. The van der Waals surface area contributed by atoms with Crippen molar-refractivity contribution in [1.29, 1.82) is 0 Å². The zero-order valence-corrected chi connectivity index (χ0v) is 13.8. The summed E-state index contributed by atoms with van der Waals surface area (Å²) in [5.41, 5.74) is 6.77. The average Bonchev–Trinajstić information content (AvgIpc) is 2.48. The normalized spacial score (nSPS) is 23.0. The van der Waals surface area contributed by atoms with Crippen LogP contribution in [0.1, 0.15) is 32.6 Å². The summed E-state index contributed by atoms with van der Waals surface area (Å²) in [6.07, 6.45) is 5.93. The number of nitrogens with two attached hydrogens (primary N) is 1. The standard InChI is InChI=1S/C16H26N2O2S/c1-3-18(14-9-5-4-8-13(14)12-17)15-10-6-7-11-16(15)21(2,19)20/h6-7,10-11,13-14H,3-5,8-9,12,17H2,1-2H3. The summed E-state index contributed by atoms with van der Waals surface area (Å²) in [4.78, 5) is 2.67. The fourth-order valence-electron chi connectivity index (χ4n) is 3.46. The summed E-state index contributed by atoms with van der Waals surface area (Å²) in [6, 6.07) is 7.66. The molecule has 0 radical (unpaired) electrons. The molecule has 0 aliphatic heterocycles. The smallest absolute Gasteiger partial charge is 0.177 e. The Bertz CT molecular complexity index is 571. The van der Waals surface area contributed by atoms with E-state index in [1.165, 1.54) is 19.1 Å². The molecule has 21 heavy (non-hydrogen) atoms. The molecule has 1 saturated carbocycles. The Kier molecular flexibility index (Phi) is 5.27. The fourth-order valence-corrected chi connectivity index (χ4v) is 4.36. The molecule has 0 heterocycles. The van der Waals surface area contributed by atoms with E-state index in [4.69, 9.17) is 5.73 Å². The third-order valence-electron chi connectivity index (χ3n) is 4.49. The van der Waals surface area contributed by atoms with Gasteiger partial charge in [-0.3, -0.25) is 0 Å². The van der Waals surface area contributed by atoms with E-state index >= 15 is 0 Å². The maximum atomic E-state index is 12.1. The van der Waals surface area contributed by atoms with Crippen molar-refractivity contribution in [2.24, 2.45) is 11.7 Å². The van der Waals surface area contributed by atoms with Crippen molar-refractivity contribution >= 4 is 15.5 Å². The Morgan fingerprint density at radius 2 is 1.90 bits per heavy atom. The van der Waals surface area contributed by atoms with Crippen LogP contribution in [0.3, 0.4) is 0 Å². The number of para-hydroxylation sites is 1. The molecular weight excluding hydrogens is 284 g/mol. The van der Waals surface area contributed by atoms with Crippen LogP contribution in [0.4, 0.5) is 5.69 Å². The van der Waals surface area contributed by atoms with Gasteiger partial charge in [0.25, 0.3) is 0 Å². The summed E-state index contributed by atoms with van der Waals surface area (Å²) >= 11 is 0. The van der Waals surface area contributed by atoms with Gasteiger partial charge in [-0.25, -0.2) is 8.42 Å². The molecule has 2 unspecified atom stereocenters. The van der Waals surface area contributed by atoms with Crippen molar-refractivity contribution in [1.82, 2.24) is 0 Å². The van der Waals surface area contributed by atoms with Crippen LogP contribution >= 0.6 is 0 Å². The predicted molar refractivity (Wildman–Crippen MR) is 87.4 cm³/mol. The zero-order valence-electron chi connectivity index (χ0n) is 13.0. The van der Waals surface area contributed by atoms with Crippen molar-refractivity contribution in [3.8, 4) is 0 Å². The first-order chi connectivity index (χ1) is 9.99. The minimum atomic E-state index is -3.22. The van der Waals surface area contributed by atoms with Gasteiger partial charge in [-0.1, -0.05) is 25.0 Å². The van der Waals surface area contributed by atoms with Gasteiger partial charge in [-0.15, -0.1) is 0 Å². The first kappa shape index (κ1) is 16.3. The van der Waals surface area contributed by atoms with E-state index in [0.717, 1.165) is 25.1 Å². The van der Waals surface area contributed by atoms with Crippen LogP contribution in [-0.2, 0) is 9.84 Å². The van der Waals surface area contributed by atoms with Crippen LogP contribution in [0.25, 0.3) is 0 Å². The Morgan fingerprint density at radius 1 is 1.24 bits per heavy atom. The van der Waals surface area contributed by atoms with Gasteiger partial charge in [-0.2, -0.15) is 0 Å². The topological polar surface area (TPSA) is 63.4 Å². The molecular formula is C16H26N2O2S. The van der Waals surface area contributed by atoms with Crippen molar-refractivity contribution in [3.63, 3.8) is 0 Å². The molecule has 0 aromatic heterocycles. The lowest BCUT2D eigenvalue weighted by Gasteiger charge is -2.41. The van der Waals surface area contributed by atoms with E-state index in [-0.39, 0.29) is 0 Å². The maximum absolute atomic E-state index is 12.1. The van der Waals surface area contributed by atoms with Crippen LogP contribution in [0, 0.1) is 5.92 Å². The minimum Gasteiger partial charge on any atom is -0.367 e. The number of rotatable bonds is 5. The third kappa shape index (κ3) is 3.58. The second-order valence-electron chi connectivity index (χ2n) is 5.87. The van der Waals surface area contributed by atoms with E-state index in [1.54, 1.807) is 12.1 Å². The Morgan fingerprint density at radius 3 is 2.52 bits per heavy atom. The molecule has 2 atom stereocenters. The highest BCUT2D eigenvalue weighted by Gasteiger charge is 2.30. The first-order valence-electron chi connectivity index (χ1n) is 7.74. The third-order valence-corrected chi connectivity index (χ3v) is 5.63. The molecule has 118 valence electrons.